The second kappa shape index (κ2) is 10.5. The Morgan fingerprint density at radius 1 is 1.16 bits per heavy atom. The molecule has 0 aliphatic heterocycles. The molecule has 6 heteroatoms. The Morgan fingerprint density at radius 2 is 1.68 bits per heavy atom. The molecule has 0 unspecified atom stereocenters. The van der Waals surface area contributed by atoms with Gasteiger partial charge in [0.1, 0.15) is 11.6 Å². The maximum atomic E-state index is 12.5. The fourth-order valence-electron chi connectivity index (χ4n) is 2.54. The number of methoxy groups -OCH3 is 2. The van der Waals surface area contributed by atoms with E-state index in [0.29, 0.717) is 26.3 Å². The summed E-state index contributed by atoms with van der Waals surface area (Å²) in [6, 6.07) is 5.99. The fourth-order valence-corrected chi connectivity index (χ4v) is 2.54. The van der Waals surface area contributed by atoms with Crippen molar-refractivity contribution in [2.24, 2.45) is 0 Å². The zero-order valence-corrected chi connectivity index (χ0v) is 15.7. The molecule has 0 atom stereocenters. The SMILES string of the molecule is COCCN(/C=C(/C#N)C(=O)Nc1c(C)cc(C)cc1C)CCOC. The van der Waals surface area contributed by atoms with E-state index in [0.717, 1.165) is 22.4 Å². The predicted molar refractivity (Wildman–Crippen MR) is 98.3 cm³/mol. The van der Waals surface area contributed by atoms with Crippen molar-refractivity contribution in [1.29, 1.82) is 5.26 Å². The molecule has 0 radical (unpaired) electrons. The number of aryl methyl sites for hydroxylation is 3. The summed E-state index contributed by atoms with van der Waals surface area (Å²) in [5.74, 6) is -0.419. The number of nitriles is 1. The van der Waals surface area contributed by atoms with Crippen molar-refractivity contribution in [1.82, 2.24) is 4.90 Å². The predicted octanol–water partition coefficient (Wildman–Crippen LogP) is 2.55. The molecule has 0 saturated carbocycles. The third-order valence-electron chi connectivity index (χ3n) is 3.76. The lowest BCUT2D eigenvalue weighted by Crippen LogP contribution is -2.27. The first-order chi connectivity index (χ1) is 11.9. The molecule has 0 aliphatic rings. The summed E-state index contributed by atoms with van der Waals surface area (Å²) in [6.07, 6.45) is 1.56. The van der Waals surface area contributed by atoms with Gasteiger partial charge in [0.05, 0.1) is 13.2 Å². The first kappa shape index (κ1) is 20.7. The molecule has 0 saturated heterocycles. The second-order valence-corrected chi connectivity index (χ2v) is 5.90. The summed E-state index contributed by atoms with van der Waals surface area (Å²) in [5, 5.41) is 12.2. The lowest BCUT2D eigenvalue weighted by Gasteiger charge is -2.20. The molecule has 136 valence electrons. The lowest BCUT2D eigenvalue weighted by atomic mass is 10.0. The van der Waals surface area contributed by atoms with E-state index < -0.39 is 5.91 Å². The summed E-state index contributed by atoms with van der Waals surface area (Å²) < 4.78 is 10.1. The zero-order chi connectivity index (χ0) is 18.8. The molecular formula is C19H27N3O3. The Labute approximate surface area is 150 Å². The summed E-state index contributed by atoms with van der Waals surface area (Å²) >= 11 is 0. The summed E-state index contributed by atoms with van der Waals surface area (Å²) in [7, 11) is 3.22. The molecule has 1 rings (SSSR count). The molecule has 25 heavy (non-hydrogen) atoms. The highest BCUT2D eigenvalue weighted by Gasteiger charge is 2.14. The van der Waals surface area contributed by atoms with Crippen molar-refractivity contribution >= 4 is 11.6 Å². The van der Waals surface area contributed by atoms with E-state index in [-0.39, 0.29) is 5.57 Å². The first-order valence-electron chi connectivity index (χ1n) is 8.16. The van der Waals surface area contributed by atoms with Gasteiger partial charge >= 0.3 is 0 Å². The van der Waals surface area contributed by atoms with E-state index in [1.54, 1.807) is 20.4 Å². The molecule has 0 aliphatic carbocycles. The third kappa shape index (κ3) is 6.57. The molecule has 0 heterocycles. The molecule has 0 spiro atoms. The van der Waals surface area contributed by atoms with Crippen LogP contribution >= 0.6 is 0 Å². The first-order valence-corrected chi connectivity index (χ1v) is 8.16. The lowest BCUT2D eigenvalue weighted by molar-refractivity contribution is -0.112. The Balaban J connectivity index is 2.96. The number of hydrogen-bond donors (Lipinski definition) is 1. The maximum Gasteiger partial charge on any atom is 0.267 e. The minimum absolute atomic E-state index is 0.0478. The van der Waals surface area contributed by atoms with Crippen LogP contribution in [0.25, 0.3) is 0 Å². The van der Waals surface area contributed by atoms with Crippen LogP contribution in [-0.2, 0) is 14.3 Å². The molecule has 0 bridgehead atoms. The van der Waals surface area contributed by atoms with Crippen LogP contribution < -0.4 is 5.32 Å². The summed E-state index contributed by atoms with van der Waals surface area (Å²) in [5.41, 5.74) is 3.87. The third-order valence-corrected chi connectivity index (χ3v) is 3.76. The van der Waals surface area contributed by atoms with Crippen LogP contribution in [0.3, 0.4) is 0 Å². The van der Waals surface area contributed by atoms with Crippen LogP contribution in [0, 0.1) is 32.1 Å². The van der Waals surface area contributed by atoms with Gasteiger partial charge in [-0.25, -0.2) is 0 Å². The van der Waals surface area contributed by atoms with Crippen LogP contribution in [0.1, 0.15) is 16.7 Å². The van der Waals surface area contributed by atoms with E-state index in [4.69, 9.17) is 9.47 Å². The number of nitrogens with one attached hydrogen (secondary N) is 1. The largest absolute Gasteiger partial charge is 0.383 e. The topological polar surface area (TPSA) is 74.6 Å². The van der Waals surface area contributed by atoms with Gasteiger partial charge in [-0.2, -0.15) is 5.26 Å². The molecule has 1 N–H and O–H groups in total. The highest BCUT2D eigenvalue weighted by atomic mass is 16.5. The van der Waals surface area contributed by atoms with Crippen molar-refractivity contribution in [2.45, 2.75) is 20.8 Å². The van der Waals surface area contributed by atoms with Gasteiger partial charge in [-0.15, -0.1) is 0 Å². The number of nitrogens with zero attached hydrogens (tertiary/aromatic N) is 2. The number of rotatable bonds is 9. The molecule has 6 nitrogen and oxygen atoms in total. The number of carbonyl (C=O) groups is 1. The standard InChI is InChI=1S/C19H27N3O3/c1-14-10-15(2)18(16(3)11-14)21-19(23)17(12-20)13-22(6-8-24-4)7-9-25-5/h10-11,13H,6-9H2,1-5H3,(H,21,23)/b17-13-. The Kier molecular flexibility index (Phi) is 8.68. The van der Waals surface area contributed by atoms with Crippen LogP contribution in [0.5, 0.6) is 0 Å². The van der Waals surface area contributed by atoms with Gasteiger partial charge in [-0.3, -0.25) is 4.79 Å². The quantitative estimate of drug-likeness (QED) is 0.550. The maximum absolute atomic E-state index is 12.5. The molecule has 0 fully saturated rings. The van der Waals surface area contributed by atoms with E-state index >= 15 is 0 Å². The molecule has 1 aromatic carbocycles. The zero-order valence-electron chi connectivity index (χ0n) is 15.7. The molecule has 0 aromatic heterocycles. The van der Waals surface area contributed by atoms with E-state index in [1.165, 1.54) is 0 Å². The number of benzene rings is 1. The van der Waals surface area contributed by atoms with Crippen molar-refractivity contribution in [3.05, 3.63) is 40.6 Å². The van der Waals surface area contributed by atoms with E-state index in [1.807, 2.05) is 43.9 Å². The normalized spacial score (nSPS) is 11.1. The molecule has 1 amide bonds. The Hall–Kier alpha value is -2.36. The van der Waals surface area contributed by atoms with Crippen LogP contribution in [0.4, 0.5) is 5.69 Å². The monoisotopic (exact) mass is 345 g/mol. The van der Waals surface area contributed by atoms with E-state index in [9.17, 15) is 10.1 Å². The van der Waals surface area contributed by atoms with Crippen molar-refractivity contribution < 1.29 is 14.3 Å². The number of carbonyl (C=O) groups excluding carboxylic acids is 1. The van der Waals surface area contributed by atoms with Crippen molar-refractivity contribution in [2.75, 3.05) is 45.8 Å². The van der Waals surface area contributed by atoms with Gasteiger partial charge in [0.25, 0.3) is 5.91 Å². The average Bonchev–Trinajstić information content (AvgIpc) is 2.57. The number of anilines is 1. The van der Waals surface area contributed by atoms with Gasteiger partial charge in [0, 0.05) is 39.2 Å². The van der Waals surface area contributed by atoms with Gasteiger partial charge < -0.3 is 19.7 Å². The highest BCUT2D eigenvalue weighted by Crippen LogP contribution is 2.22. The van der Waals surface area contributed by atoms with Gasteiger partial charge in [0.15, 0.2) is 0 Å². The van der Waals surface area contributed by atoms with Gasteiger partial charge in [-0.1, -0.05) is 17.7 Å². The van der Waals surface area contributed by atoms with Crippen LogP contribution in [-0.4, -0.2) is 51.3 Å². The van der Waals surface area contributed by atoms with Crippen molar-refractivity contribution in [3.8, 4) is 6.07 Å². The van der Waals surface area contributed by atoms with Crippen LogP contribution in [0.2, 0.25) is 0 Å². The second-order valence-electron chi connectivity index (χ2n) is 5.90. The van der Waals surface area contributed by atoms with Crippen LogP contribution in [0.15, 0.2) is 23.9 Å². The highest BCUT2D eigenvalue weighted by molar-refractivity contribution is 6.07. The number of ether oxygens (including phenoxy) is 2. The smallest absolute Gasteiger partial charge is 0.267 e. The van der Waals surface area contributed by atoms with Gasteiger partial charge in [-0.05, 0) is 31.9 Å². The Bertz CT molecular complexity index is 631. The summed E-state index contributed by atoms with van der Waals surface area (Å²) in [4.78, 5) is 14.4. The minimum atomic E-state index is -0.419. The van der Waals surface area contributed by atoms with E-state index in [2.05, 4.69) is 5.32 Å². The molecule has 1 aromatic rings. The minimum Gasteiger partial charge on any atom is -0.383 e. The molecular weight excluding hydrogens is 318 g/mol. The van der Waals surface area contributed by atoms with Crippen molar-refractivity contribution in [3.63, 3.8) is 0 Å². The Morgan fingerprint density at radius 3 is 2.12 bits per heavy atom. The number of hydrogen-bond acceptors (Lipinski definition) is 5. The number of amides is 1. The van der Waals surface area contributed by atoms with Gasteiger partial charge in [0.2, 0.25) is 0 Å². The summed E-state index contributed by atoms with van der Waals surface area (Å²) in [6.45, 7) is 8.02. The fraction of sp³-hybridized carbons (Fsp3) is 0.474. The average molecular weight is 345 g/mol.